The lowest BCUT2D eigenvalue weighted by molar-refractivity contribution is -0.115. The number of benzene rings is 1. The van der Waals surface area contributed by atoms with Crippen molar-refractivity contribution in [2.45, 2.75) is 19.9 Å². The Morgan fingerprint density at radius 2 is 1.80 bits per heavy atom. The van der Waals surface area contributed by atoms with E-state index >= 15 is 0 Å². The van der Waals surface area contributed by atoms with Crippen molar-refractivity contribution in [2.75, 3.05) is 12.2 Å². The Bertz CT molecular complexity index is 518. The van der Waals surface area contributed by atoms with Gasteiger partial charge in [0, 0.05) is 4.47 Å². The van der Waals surface area contributed by atoms with Crippen LogP contribution in [0.1, 0.15) is 13.8 Å². The number of carbonyl (C=O) groups is 1. The maximum absolute atomic E-state index is 12.2. The molecule has 0 bridgehead atoms. The van der Waals surface area contributed by atoms with Gasteiger partial charge >= 0.3 is 5.85 Å². The summed E-state index contributed by atoms with van der Waals surface area (Å²) in [7, 11) is 1.43. The first kappa shape index (κ1) is 18.0. The summed E-state index contributed by atoms with van der Waals surface area (Å²) in [4.78, 5) is 17.5. The van der Waals surface area contributed by atoms with Crippen LogP contribution in [0.4, 0.5) is 5.69 Å². The predicted octanol–water partition coefficient (Wildman–Crippen LogP) is 5.04. The van der Waals surface area contributed by atoms with E-state index in [1.165, 1.54) is 12.2 Å². The van der Waals surface area contributed by atoms with E-state index in [1.807, 2.05) is 12.1 Å². The molecule has 0 amide bonds. The number of halogens is 3. The molecule has 20 heavy (non-hydrogen) atoms. The molecule has 1 rings (SSSR count). The second-order valence-corrected chi connectivity index (χ2v) is 10.1. The average Bonchev–Trinajstić information content (AvgIpc) is 2.34. The van der Waals surface area contributed by atoms with E-state index in [-0.39, 0.29) is 5.92 Å². The van der Waals surface area contributed by atoms with Gasteiger partial charge in [0.1, 0.15) is 6.04 Å². The fourth-order valence-corrected chi connectivity index (χ4v) is 3.35. The largest absolute Gasteiger partial charge is 0.318 e. The summed E-state index contributed by atoms with van der Waals surface area (Å²) in [5.74, 6) is -4.07. The zero-order chi connectivity index (χ0) is 15.5. The first-order valence-corrected chi connectivity index (χ1v) is 10.1. The summed E-state index contributed by atoms with van der Waals surface area (Å²) in [5.41, 5.74) is -0.0925. The number of hydroxylamine groups is 1. The zero-order valence-electron chi connectivity index (χ0n) is 11.2. The van der Waals surface area contributed by atoms with Crippen molar-refractivity contribution in [1.82, 2.24) is 0 Å². The Labute approximate surface area is 136 Å². The Hall–Kier alpha value is -0.0600. The molecule has 0 spiro atoms. The van der Waals surface area contributed by atoms with Crippen LogP contribution >= 0.6 is 44.3 Å². The fraction of sp³-hybridized carbons (Fsp3) is 0.417. The molecule has 0 N–H and O–H groups in total. The van der Waals surface area contributed by atoms with E-state index in [0.717, 1.165) is 4.47 Å². The fourth-order valence-electron chi connectivity index (χ4n) is 1.78. The highest BCUT2D eigenvalue weighted by Crippen LogP contribution is 2.59. The molecule has 0 aliphatic heterocycles. The summed E-state index contributed by atoms with van der Waals surface area (Å²) in [6, 6.07) is 6.32. The van der Waals surface area contributed by atoms with Gasteiger partial charge in [-0.1, -0.05) is 29.8 Å². The summed E-state index contributed by atoms with van der Waals surface area (Å²) in [6.07, 6.45) is 0. The van der Waals surface area contributed by atoms with Crippen LogP contribution in [0.15, 0.2) is 28.7 Å². The van der Waals surface area contributed by atoms with Crippen LogP contribution in [0.5, 0.6) is 0 Å². The third-order valence-electron chi connectivity index (χ3n) is 2.67. The SMILES string of the molecule is CON(c1ccc(Br)cc1)[C@H](C(=O)P(=O)(Cl)Cl)C(C)C. The molecular formula is C12H15BrCl2NO3P. The predicted molar refractivity (Wildman–Crippen MR) is 86.6 cm³/mol. The highest BCUT2D eigenvalue weighted by molar-refractivity contribution is 9.10. The third-order valence-corrected chi connectivity index (χ3v) is 4.98. The molecule has 0 unspecified atom stereocenters. The van der Waals surface area contributed by atoms with Crippen molar-refractivity contribution in [3.8, 4) is 0 Å². The van der Waals surface area contributed by atoms with Gasteiger partial charge in [-0.25, -0.2) is 5.06 Å². The van der Waals surface area contributed by atoms with Crippen LogP contribution in [-0.2, 0) is 14.2 Å². The van der Waals surface area contributed by atoms with Crippen molar-refractivity contribution in [1.29, 1.82) is 0 Å². The number of nitrogens with zero attached hydrogens (tertiary/aromatic N) is 1. The summed E-state index contributed by atoms with van der Waals surface area (Å²) in [5, 5.41) is 1.37. The maximum atomic E-state index is 12.2. The Morgan fingerprint density at radius 1 is 1.30 bits per heavy atom. The van der Waals surface area contributed by atoms with Crippen molar-refractivity contribution < 1.29 is 14.2 Å². The van der Waals surface area contributed by atoms with Crippen LogP contribution < -0.4 is 5.06 Å². The zero-order valence-corrected chi connectivity index (χ0v) is 15.2. The van der Waals surface area contributed by atoms with E-state index in [0.29, 0.717) is 5.69 Å². The minimum atomic E-state index is -3.89. The second-order valence-electron chi connectivity index (χ2n) is 4.47. The smallest absolute Gasteiger partial charge is 0.286 e. The molecule has 4 nitrogen and oxygen atoms in total. The van der Waals surface area contributed by atoms with Crippen molar-refractivity contribution in [2.24, 2.45) is 5.92 Å². The molecule has 0 radical (unpaired) electrons. The van der Waals surface area contributed by atoms with Gasteiger partial charge in [-0.05, 0) is 52.7 Å². The van der Waals surface area contributed by atoms with Crippen LogP contribution in [0, 0.1) is 5.92 Å². The van der Waals surface area contributed by atoms with Gasteiger partial charge in [0.15, 0.2) is 0 Å². The van der Waals surface area contributed by atoms with Gasteiger partial charge < -0.3 is 0 Å². The molecule has 0 saturated heterocycles. The van der Waals surface area contributed by atoms with Crippen molar-refractivity contribution >= 4 is 55.5 Å². The quantitative estimate of drug-likeness (QED) is 0.494. The highest BCUT2D eigenvalue weighted by atomic mass is 79.9. The van der Waals surface area contributed by atoms with Gasteiger partial charge in [-0.3, -0.25) is 14.2 Å². The summed E-state index contributed by atoms with van der Waals surface area (Å²) in [6.45, 7) is 3.60. The van der Waals surface area contributed by atoms with Gasteiger partial charge in [-0.2, -0.15) is 0 Å². The van der Waals surface area contributed by atoms with E-state index in [4.69, 9.17) is 27.3 Å². The molecule has 1 atom stereocenters. The lowest BCUT2D eigenvalue weighted by Gasteiger charge is -2.32. The minimum absolute atomic E-state index is 0.183. The summed E-state index contributed by atoms with van der Waals surface area (Å²) < 4.78 is 12.6. The molecule has 1 aromatic rings. The Balaban J connectivity index is 3.20. The molecule has 112 valence electrons. The van der Waals surface area contributed by atoms with Crippen LogP contribution in [0.25, 0.3) is 0 Å². The van der Waals surface area contributed by atoms with Crippen LogP contribution in [-0.4, -0.2) is 18.7 Å². The van der Waals surface area contributed by atoms with E-state index in [1.54, 1.807) is 26.0 Å². The third kappa shape index (κ3) is 4.47. The average molecular weight is 403 g/mol. The van der Waals surface area contributed by atoms with Gasteiger partial charge in [-0.15, -0.1) is 0 Å². The molecule has 0 saturated carbocycles. The highest BCUT2D eigenvalue weighted by Gasteiger charge is 2.39. The molecule has 1 aromatic carbocycles. The van der Waals surface area contributed by atoms with Gasteiger partial charge in [0.05, 0.1) is 12.8 Å². The first-order chi connectivity index (χ1) is 9.18. The maximum Gasteiger partial charge on any atom is 0.318 e. The molecule has 0 aliphatic rings. The number of anilines is 1. The topological polar surface area (TPSA) is 46.6 Å². The van der Waals surface area contributed by atoms with Gasteiger partial charge in [0.25, 0.3) is 0 Å². The number of hydrogen-bond donors (Lipinski definition) is 0. The lowest BCUT2D eigenvalue weighted by atomic mass is 10.0. The molecular weight excluding hydrogens is 388 g/mol. The van der Waals surface area contributed by atoms with Crippen LogP contribution in [0.2, 0.25) is 0 Å². The van der Waals surface area contributed by atoms with E-state index in [9.17, 15) is 9.36 Å². The van der Waals surface area contributed by atoms with Gasteiger partial charge in [0.2, 0.25) is 5.52 Å². The Kier molecular flexibility index (Phi) is 6.55. The standard InChI is InChI=1S/C12H15BrCl2NO3P/c1-8(2)11(12(17)20(14,15)18)16(19-3)10-6-4-9(13)5-7-10/h4-8,11H,1-3H3/t11-/m0/s1. The van der Waals surface area contributed by atoms with Crippen molar-refractivity contribution in [3.63, 3.8) is 0 Å². The number of hydrogen-bond acceptors (Lipinski definition) is 4. The number of carbonyl (C=O) groups excluding carboxylic acids is 1. The first-order valence-electron chi connectivity index (χ1n) is 5.81. The second kappa shape index (κ2) is 7.28. The molecule has 8 heteroatoms. The minimum Gasteiger partial charge on any atom is -0.286 e. The number of rotatable bonds is 6. The van der Waals surface area contributed by atoms with Crippen molar-refractivity contribution in [3.05, 3.63) is 28.7 Å². The van der Waals surface area contributed by atoms with Crippen LogP contribution in [0.3, 0.4) is 0 Å². The molecule has 0 heterocycles. The van der Waals surface area contributed by atoms with E-state index in [2.05, 4.69) is 15.9 Å². The Morgan fingerprint density at radius 3 is 2.15 bits per heavy atom. The normalized spacial score (nSPS) is 13.3. The molecule has 0 aromatic heterocycles. The lowest BCUT2D eigenvalue weighted by Crippen LogP contribution is -2.43. The molecule has 0 fully saturated rings. The summed E-state index contributed by atoms with van der Waals surface area (Å²) >= 11 is 14.4. The van der Waals surface area contributed by atoms with E-state index < -0.39 is 17.4 Å². The molecule has 0 aliphatic carbocycles. The monoisotopic (exact) mass is 401 g/mol.